The molecule has 11 heteroatoms. The van der Waals surface area contributed by atoms with Crippen molar-refractivity contribution in [3.63, 3.8) is 0 Å². The highest BCUT2D eigenvalue weighted by Crippen LogP contribution is 2.27. The van der Waals surface area contributed by atoms with E-state index in [1.54, 1.807) is 30.5 Å². The maximum atomic E-state index is 13.7. The molecule has 10 nitrogen and oxygen atoms in total. The van der Waals surface area contributed by atoms with E-state index in [-0.39, 0.29) is 17.0 Å². The van der Waals surface area contributed by atoms with E-state index in [2.05, 4.69) is 10.3 Å². The molecule has 0 aliphatic carbocycles. The predicted molar refractivity (Wildman–Crippen MR) is 148 cm³/mol. The number of sulfonamides is 1. The molecule has 0 bridgehead atoms. The van der Waals surface area contributed by atoms with Crippen molar-refractivity contribution in [1.82, 2.24) is 10.3 Å². The monoisotopic (exact) mass is 550 g/mol. The molecular formula is C28H30N4O6S. The smallest absolute Gasteiger partial charge is 0.264 e. The second kappa shape index (κ2) is 11.9. The highest BCUT2D eigenvalue weighted by atomic mass is 32.2. The summed E-state index contributed by atoms with van der Waals surface area (Å²) < 4.78 is 39.0. The number of fused-ring (bicyclic) bond motifs is 1. The molecule has 1 unspecified atom stereocenters. The van der Waals surface area contributed by atoms with Crippen LogP contribution in [0.1, 0.15) is 12.5 Å². The average Bonchev–Trinajstić information content (AvgIpc) is 3.34. The molecule has 1 heterocycles. The average molecular weight is 551 g/mol. The number of methoxy groups -OCH3 is 1. The zero-order valence-corrected chi connectivity index (χ0v) is 22.4. The molecule has 1 atom stereocenters. The molecule has 1 aromatic heterocycles. The van der Waals surface area contributed by atoms with Crippen LogP contribution in [-0.2, 0) is 26.0 Å². The number of nitrogens with one attached hydrogen (secondary N) is 2. The van der Waals surface area contributed by atoms with E-state index in [4.69, 9.17) is 15.2 Å². The van der Waals surface area contributed by atoms with Crippen LogP contribution in [0.2, 0.25) is 0 Å². The molecule has 0 spiro atoms. The third kappa shape index (κ3) is 6.32. The van der Waals surface area contributed by atoms with Crippen LogP contribution in [0.3, 0.4) is 0 Å². The number of nitrogens with zero attached hydrogens (tertiary/aromatic N) is 1. The lowest BCUT2D eigenvalue weighted by molar-refractivity contribution is -0.126. The summed E-state index contributed by atoms with van der Waals surface area (Å²) >= 11 is 0. The third-order valence-corrected chi connectivity index (χ3v) is 7.94. The molecule has 3 aromatic carbocycles. The number of H-pyrrole nitrogens is 1. The number of hydrogen-bond donors (Lipinski definition) is 3. The molecule has 4 N–H and O–H groups in total. The molecule has 39 heavy (non-hydrogen) atoms. The number of nitrogens with two attached hydrogens (primary N) is 1. The first-order chi connectivity index (χ1) is 18.7. The van der Waals surface area contributed by atoms with E-state index in [0.717, 1.165) is 20.8 Å². The number of primary amides is 1. The number of carbonyl (C=O) groups excluding carboxylic acids is 2. The highest BCUT2D eigenvalue weighted by Gasteiger charge is 2.29. The molecule has 0 fully saturated rings. The van der Waals surface area contributed by atoms with Crippen molar-refractivity contribution in [3.8, 4) is 11.5 Å². The quantitative estimate of drug-likeness (QED) is 0.247. The first-order valence-corrected chi connectivity index (χ1v) is 13.7. The number of rotatable bonds is 12. The summed E-state index contributed by atoms with van der Waals surface area (Å²) in [5.74, 6) is -0.385. The number of para-hydroxylation sites is 1. The minimum atomic E-state index is -4.18. The summed E-state index contributed by atoms with van der Waals surface area (Å²) in [6.07, 6.45) is 1.89. The molecule has 2 amide bonds. The van der Waals surface area contributed by atoms with Crippen molar-refractivity contribution in [2.45, 2.75) is 24.3 Å². The second-order valence-corrected chi connectivity index (χ2v) is 10.6. The summed E-state index contributed by atoms with van der Waals surface area (Å²) in [7, 11) is -2.69. The third-order valence-electron chi connectivity index (χ3n) is 6.15. The standard InChI is InChI=1S/C28H30N4O6S/c1-3-38-22-12-14-23(15-13-22)39(35,36)32(20-8-10-21(37-2)11-9-20)18-27(33)31-26(28(29)34)16-19-17-30-25-7-5-4-6-24(19)25/h4-15,17,26,30H,3,16,18H2,1-2H3,(H2,29,34)(H,31,33). The Kier molecular flexibility index (Phi) is 8.40. The van der Waals surface area contributed by atoms with Crippen LogP contribution in [0.15, 0.2) is 83.9 Å². The van der Waals surface area contributed by atoms with E-state index >= 15 is 0 Å². The second-order valence-electron chi connectivity index (χ2n) is 8.70. The van der Waals surface area contributed by atoms with Crippen molar-refractivity contribution >= 4 is 38.4 Å². The molecule has 0 aliphatic heterocycles. The minimum absolute atomic E-state index is 0.0279. The van der Waals surface area contributed by atoms with Crippen LogP contribution < -0.4 is 24.8 Å². The van der Waals surface area contributed by atoms with E-state index < -0.39 is 34.4 Å². The largest absolute Gasteiger partial charge is 0.497 e. The fourth-order valence-electron chi connectivity index (χ4n) is 4.18. The van der Waals surface area contributed by atoms with Crippen molar-refractivity contribution in [3.05, 3.63) is 84.6 Å². The summed E-state index contributed by atoms with van der Waals surface area (Å²) in [5, 5.41) is 3.51. The molecule has 0 saturated heterocycles. The lowest BCUT2D eigenvalue weighted by Gasteiger charge is -2.25. The zero-order valence-electron chi connectivity index (χ0n) is 21.6. The number of anilines is 1. The number of hydrogen-bond acceptors (Lipinski definition) is 6. The SMILES string of the molecule is CCOc1ccc(S(=O)(=O)N(CC(=O)NC(Cc2c[nH]c3ccccc23)C(N)=O)c2ccc(OC)cc2)cc1. The van der Waals surface area contributed by atoms with Gasteiger partial charge in [-0.1, -0.05) is 18.2 Å². The van der Waals surface area contributed by atoms with Crippen LogP contribution >= 0.6 is 0 Å². The van der Waals surface area contributed by atoms with Gasteiger partial charge < -0.3 is 25.5 Å². The Labute approximate surface area is 226 Å². The van der Waals surface area contributed by atoms with Crippen LogP contribution in [0, 0.1) is 0 Å². The summed E-state index contributed by atoms with van der Waals surface area (Å²) in [5.41, 5.74) is 7.53. The lowest BCUT2D eigenvalue weighted by Crippen LogP contribution is -2.50. The molecule has 0 saturated carbocycles. The van der Waals surface area contributed by atoms with Gasteiger partial charge in [0.15, 0.2) is 0 Å². The minimum Gasteiger partial charge on any atom is -0.497 e. The number of amides is 2. The van der Waals surface area contributed by atoms with Gasteiger partial charge in [0.2, 0.25) is 11.8 Å². The lowest BCUT2D eigenvalue weighted by atomic mass is 10.0. The van der Waals surface area contributed by atoms with Gasteiger partial charge in [-0.05, 0) is 67.1 Å². The van der Waals surface area contributed by atoms with Gasteiger partial charge in [0.1, 0.15) is 24.1 Å². The number of benzene rings is 3. The van der Waals surface area contributed by atoms with Gasteiger partial charge >= 0.3 is 0 Å². The fraction of sp³-hybridized carbons (Fsp3) is 0.214. The van der Waals surface area contributed by atoms with Crippen molar-refractivity contribution in [2.24, 2.45) is 5.73 Å². The van der Waals surface area contributed by atoms with Gasteiger partial charge in [0, 0.05) is 23.5 Å². The normalized spacial score (nSPS) is 12.1. The van der Waals surface area contributed by atoms with Crippen LogP contribution in [0.4, 0.5) is 5.69 Å². The van der Waals surface area contributed by atoms with E-state index in [1.807, 2.05) is 31.2 Å². The van der Waals surface area contributed by atoms with Gasteiger partial charge in [-0.3, -0.25) is 13.9 Å². The van der Waals surface area contributed by atoms with Crippen LogP contribution in [0.5, 0.6) is 11.5 Å². The van der Waals surface area contributed by atoms with E-state index in [9.17, 15) is 18.0 Å². The van der Waals surface area contributed by atoms with Crippen molar-refractivity contribution in [1.29, 1.82) is 0 Å². The molecule has 0 radical (unpaired) electrons. The van der Waals surface area contributed by atoms with Gasteiger partial charge in [0.05, 0.1) is 24.3 Å². The fourth-order valence-corrected chi connectivity index (χ4v) is 5.60. The van der Waals surface area contributed by atoms with E-state index in [0.29, 0.717) is 18.1 Å². The van der Waals surface area contributed by atoms with Crippen LogP contribution in [-0.4, -0.2) is 51.5 Å². The number of aromatic amines is 1. The molecule has 0 aliphatic rings. The Bertz CT molecular complexity index is 1550. The topological polar surface area (TPSA) is 144 Å². The first kappa shape index (κ1) is 27.5. The Balaban J connectivity index is 1.60. The van der Waals surface area contributed by atoms with Gasteiger partial charge in [-0.2, -0.15) is 0 Å². The van der Waals surface area contributed by atoms with E-state index in [1.165, 1.54) is 31.4 Å². The summed E-state index contributed by atoms with van der Waals surface area (Å²) in [6, 6.07) is 18.7. The van der Waals surface area contributed by atoms with Gasteiger partial charge in [-0.15, -0.1) is 0 Å². The number of aromatic nitrogens is 1. The Morgan fingerprint density at radius 1 is 1.00 bits per heavy atom. The number of carbonyl (C=O) groups is 2. The first-order valence-electron chi connectivity index (χ1n) is 12.3. The highest BCUT2D eigenvalue weighted by molar-refractivity contribution is 7.92. The molecule has 204 valence electrons. The maximum Gasteiger partial charge on any atom is 0.264 e. The van der Waals surface area contributed by atoms with Gasteiger partial charge in [0.25, 0.3) is 10.0 Å². The van der Waals surface area contributed by atoms with Crippen molar-refractivity contribution < 1.29 is 27.5 Å². The summed E-state index contributed by atoms with van der Waals surface area (Å²) in [6.45, 7) is 1.68. The zero-order chi connectivity index (χ0) is 28.0. The number of ether oxygens (including phenoxy) is 2. The molecule has 4 rings (SSSR count). The molecule has 4 aromatic rings. The summed E-state index contributed by atoms with van der Waals surface area (Å²) in [4.78, 5) is 28.6. The van der Waals surface area contributed by atoms with Crippen molar-refractivity contribution in [2.75, 3.05) is 24.6 Å². The molecular weight excluding hydrogens is 520 g/mol. The Morgan fingerprint density at radius 3 is 2.31 bits per heavy atom. The van der Waals surface area contributed by atoms with Crippen LogP contribution in [0.25, 0.3) is 10.9 Å². The Hall–Kier alpha value is -4.51. The predicted octanol–water partition coefficient (Wildman–Crippen LogP) is 2.98. The Morgan fingerprint density at radius 2 is 1.67 bits per heavy atom. The van der Waals surface area contributed by atoms with Gasteiger partial charge in [-0.25, -0.2) is 8.42 Å². The maximum absolute atomic E-state index is 13.7.